The van der Waals surface area contributed by atoms with Gasteiger partial charge in [-0.15, -0.1) is 11.3 Å². The number of fused-ring (bicyclic) bond motifs is 3. The summed E-state index contributed by atoms with van der Waals surface area (Å²) in [5.41, 5.74) is 2.34. The van der Waals surface area contributed by atoms with Crippen LogP contribution in [0.1, 0.15) is 41.1 Å². The van der Waals surface area contributed by atoms with Crippen LogP contribution in [0.2, 0.25) is 0 Å². The van der Waals surface area contributed by atoms with Gasteiger partial charge in [-0.1, -0.05) is 42.8 Å². The highest BCUT2D eigenvalue weighted by Gasteiger charge is 2.18. The summed E-state index contributed by atoms with van der Waals surface area (Å²) in [4.78, 5) is 22.4. The van der Waals surface area contributed by atoms with Crippen LogP contribution in [-0.4, -0.2) is 9.97 Å². The van der Waals surface area contributed by atoms with Crippen molar-refractivity contribution in [2.24, 2.45) is 0 Å². The van der Waals surface area contributed by atoms with E-state index in [9.17, 15) is 4.79 Å². The minimum absolute atomic E-state index is 0.00196. The summed E-state index contributed by atoms with van der Waals surface area (Å²) in [5, 5.41) is 0.823. The molecule has 2 aromatic heterocycles. The van der Waals surface area contributed by atoms with E-state index < -0.39 is 0 Å². The minimum atomic E-state index is 0.00196. The van der Waals surface area contributed by atoms with Gasteiger partial charge in [-0.2, -0.15) is 0 Å². The smallest absolute Gasteiger partial charge is 0.260 e. The first kappa shape index (κ1) is 14.4. The third-order valence-electron chi connectivity index (χ3n) is 4.33. The molecule has 116 valence electrons. The molecule has 0 amide bonds. The first-order valence-corrected chi connectivity index (χ1v) is 8.90. The number of hydrogen-bond donors (Lipinski definition) is 1. The molecule has 4 heteroatoms. The Balaban J connectivity index is 1.76. The maximum Gasteiger partial charge on any atom is 0.260 e. The topological polar surface area (TPSA) is 45.8 Å². The Morgan fingerprint density at radius 3 is 2.74 bits per heavy atom. The highest BCUT2D eigenvalue weighted by atomic mass is 32.1. The van der Waals surface area contributed by atoms with Crippen LogP contribution in [0.25, 0.3) is 22.4 Å². The summed E-state index contributed by atoms with van der Waals surface area (Å²) in [7, 11) is 0. The van der Waals surface area contributed by atoms with Crippen molar-refractivity contribution in [1.29, 1.82) is 0 Å². The molecular weight excluding hydrogens is 304 g/mol. The number of benzene rings is 1. The summed E-state index contributed by atoms with van der Waals surface area (Å²) in [6, 6.07) is 10.0. The molecule has 0 unspecified atom stereocenters. The van der Waals surface area contributed by atoms with Gasteiger partial charge >= 0.3 is 0 Å². The largest absolute Gasteiger partial charge is 0.306 e. The third kappa shape index (κ3) is 2.86. The number of hydrogen-bond acceptors (Lipinski definition) is 3. The van der Waals surface area contributed by atoms with Crippen molar-refractivity contribution in [3.8, 4) is 0 Å². The number of rotatable bonds is 2. The normalized spacial score (nSPS) is 15.0. The summed E-state index contributed by atoms with van der Waals surface area (Å²) in [6.07, 6.45) is 9.60. The van der Waals surface area contributed by atoms with Gasteiger partial charge in [0, 0.05) is 4.88 Å². The lowest BCUT2D eigenvalue weighted by molar-refractivity contribution is 0.713. The van der Waals surface area contributed by atoms with Crippen LogP contribution in [0.5, 0.6) is 0 Å². The SMILES string of the molecule is O=c1[nH]c(/C=C/c2ccccc2)nc2sc3c(c12)CCCCC3. The number of aromatic amines is 1. The lowest BCUT2D eigenvalue weighted by Gasteiger charge is -1.98. The molecule has 0 fully saturated rings. The van der Waals surface area contributed by atoms with Crippen molar-refractivity contribution in [2.75, 3.05) is 0 Å². The van der Waals surface area contributed by atoms with Crippen molar-refractivity contribution in [2.45, 2.75) is 32.1 Å². The van der Waals surface area contributed by atoms with E-state index in [-0.39, 0.29) is 5.56 Å². The van der Waals surface area contributed by atoms with E-state index in [0.717, 1.165) is 28.6 Å². The molecule has 0 atom stereocenters. The third-order valence-corrected chi connectivity index (χ3v) is 5.51. The lowest BCUT2D eigenvalue weighted by atomic mass is 10.1. The van der Waals surface area contributed by atoms with Gasteiger partial charge in [0.25, 0.3) is 5.56 Å². The molecule has 0 bridgehead atoms. The van der Waals surface area contributed by atoms with Crippen LogP contribution >= 0.6 is 11.3 Å². The Morgan fingerprint density at radius 2 is 1.87 bits per heavy atom. The zero-order chi connectivity index (χ0) is 15.6. The molecule has 1 N–H and O–H groups in total. The number of nitrogens with zero attached hydrogens (tertiary/aromatic N) is 1. The predicted octanol–water partition coefficient (Wildman–Crippen LogP) is 4.42. The predicted molar refractivity (Wildman–Crippen MR) is 96.9 cm³/mol. The molecule has 0 radical (unpaired) electrons. The molecular formula is C19H18N2OS. The highest BCUT2D eigenvalue weighted by Crippen LogP contribution is 2.32. The van der Waals surface area contributed by atoms with Crippen molar-refractivity contribution < 1.29 is 0 Å². The van der Waals surface area contributed by atoms with Crippen LogP contribution < -0.4 is 5.56 Å². The Morgan fingerprint density at radius 1 is 1.04 bits per heavy atom. The van der Waals surface area contributed by atoms with Crippen molar-refractivity contribution in [1.82, 2.24) is 9.97 Å². The summed E-state index contributed by atoms with van der Waals surface area (Å²) in [5.74, 6) is 0.628. The fourth-order valence-corrected chi connectivity index (χ4v) is 4.44. The zero-order valence-corrected chi connectivity index (χ0v) is 13.7. The van der Waals surface area contributed by atoms with Crippen molar-refractivity contribution in [3.63, 3.8) is 0 Å². The number of H-pyrrole nitrogens is 1. The minimum Gasteiger partial charge on any atom is -0.306 e. The number of thiophene rings is 1. The standard InChI is InChI=1S/C19H18N2OS/c22-18-17-14-9-5-2-6-10-15(14)23-19(17)21-16(20-18)12-11-13-7-3-1-4-8-13/h1,3-4,7-8,11-12H,2,5-6,9-10H2,(H,20,21,22)/b12-11+. The van der Waals surface area contributed by atoms with E-state index in [4.69, 9.17) is 0 Å². The fourth-order valence-electron chi connectivity index (χ4n) is 3.18. The van der Waals surface area contributed by atoms with E-state index in [1.54, 1.807) is 11.3 Å². The second kappa shape index (κ2) is 6.13. The van der Waals surface area contributed by atoms with Gasteiger partial charge in [0.1, 0.15) is 10.7 Å². The van der Waals surface area contributed by atoms with Crippen LogP contribution in [0.3, 0.4) is 0 Å². The van der Waals surface area contributed by atoms with Gasteiger partial charge in [0.05, 0.1) is 5.39 Å². The second-order valence-electron chi connectivity index (χ2n) is 5.94. The molecule has 2 heterocycles. The lowest BCUT2D eigenvalue weighted by Crippen LogP contribution is -2.10. The Bertz CT molecular complexity index is 922. The summed E-state index contributed by atoms with van der Waals surface area (Å²) in [6.45, 7) is 0. The van der Waals surface area contributed by atoms with Crippen molar-refractivity contribution >= 4 is 33.7 Å². The Labute approximate surface area is 138 Å². The van der Waals surface area contributed by atoms with Gasteiger partial charge in [-0.25, -0.2) is 4.98 Å². The van der Waals surface area contributed by atoms with Gasteiger partial charge in [0.2, 0.25) is 0 Å². The molecule has 0 saturated heterocycles. The van der Waals surface area contributed by atoms with Crippen LogP contribution in [0, 0.1) is 0 Å². The molecule has 0 spiro atoms. The van der Waals surface area contributed by atoms with Crippen molar-refractivity contribution in [3.05, 3.63) is 62.5 Å². The maximum atomic E-state index is 12.5. The second-order valence-corrected chi connectivity index (χ2v) is 7.02. The fraction of sp³-hybridized carbons (Fsp3) is 0.263. The van der Waals surface area contributed by atoms with E-state index in [1.807, 2.05) is 42.5 Å². The molecule has 23 heavy (non-hydrogen) atoms. The van der Waals surface area contributed by atoms with Gasteiger partial charge in [-0.05, 0) is 42.9 Å². The van der Waals surface area contributed by atoms with Crippen LogP contribution in [0.4, 0.5) is 0 Å². The summed E-state index contributed by atoms with van der Waals surface area (Å²) < 4.78 is 0. The molecule has 3 aromatic rings. The van der Waals surface area contributed by atoms with Gasteiger partial charge < -0.3 is 4.98 Å². The average molecular weight is 322 g/mol. The maximum absolute atomic E-state index is 12.5. The van der Waals surface area contributed by atoms with Crippen LogP contribution in [0.15, 0.2) is 35.1 Å². The Kier molecular flexibility index (Phi) is 3.83. The number of aromatic nitrogens is 2. The zero-order valence-electron chi connectivity index (χ0n) is 12.8. The number of aryl methyl sites for hydroxylation is 2. The van der Waals surface area contributed by atoms with Gasteiger partial charge in [0.15, 0.2) is 0 Å². The van der Waals surface area contributed by atoms with E-state index in [0.29, 0.717) is 5.82 Å². The van der Waals surface area contributed by atoms with Crippen LogP contribution in [-0.2, 0) is 12.8 Å². The van der Waals surface area contributed by atoms with E-state index in [2.05, 4.69) is 9.97 Å². The molecule has 0 saturated carbocycles. The monoisotopic (exact) mass is 322 g/mol. The molecule has 4 rings (SSSR count). The highest BCUT2D eigenvalue weighted by molar-refractivity contribution is 7.18. The quantitative estimate of drug-likeness (QED) is 0.710. The molecule has 0 aliphatic heterocycles. The molecule has 1 aliphatic carbocycles. The first-order chi connectivity index (χ1) is 11.3. The van der Waals surface area contributed by atoms with Gasteiger partial charge in [-0.3, -0.25) is 4.79 Å². The van der Waals surface area contributed by atoms with E-state index in [1.165, 1.54) is 29.7 Å². The Hall–Kier alpha value is -2.20. The number of nitrogens with one attached hydrogen (secondary N) is 1. The molecule has 1 aliphatic rings. The summed E-state index contributed by atoms with van der Waals surface area (Å²) >= 11 is 1.70. The molecule has 3 nitrogen and oxygen atoms in total. The van der Waals surface area contributed by atoms with E-state index >= 15 is 0 Å². The first-order valence-electron chi connectivity index (χ1n) is 8.09. The molecule has 1 aromatic carbocycles. The average Bonchev–Trinajstić information content (AvgIpc) is 2.76.